The second kappa shape index (κ2) is 8.45. The summed E-state index contributed by atoms with van der Waals surface area (Å²) in [6.07, 6.45) is 3.88. The van der Waals surface area contributed by atoms with Crippen LogP contribution in [0, 0.1) is 0 Å². The van der Waals surface area contributed by atoms with E-state index in [1.165, 1.54) is 12.4 Å². The molecule has 0 spiro atoms. The first kappa shape index (κ1) is 17.2. The molecule has 2 aromatic rings. The largest absolute Gasteiger partial charge is 0.352 e. The van der Waals surface area contributed by atoms with Gasteiger partial charge >= 0.3 is 0 Å². The molecule has 0 fully saturated rings. The van der Waals surface area contributed by atoms with Crippen LogP contribution in [0.1, 0.15) is 16.8 Å². The monoisotopic (exact) mass is 333 g/mol. The number of amides is 1. The van der Waals surface area contributed by atoms with Crippen molar-refractivity contribution in [1.82, 2.24) is 20.2 Å². The fraction of sp³-hybridized carbons (Fsp3) is 0.312. The van der Waals surface area contributed by atoms with E-state index in [9.17, 15) is 4.79 Å². The van der Waals surface area contributed by atoms with Crippen LogP contribution in [-0.4, -0.2) is 48.0 Å². The van der Waals surface area contributed by atoms with Gasteiger partial charge in [0.25, 0.3) is 5.91 Å². The Morgan fingerprint density at radius 2 is 1.91 bits per heavy atom. The molecule has 0 saturated carbocycles. The molecule has 0 aliphatic rings. The normalized spacial score (nSPS) is 10.6. The van der Waals surface area contributed by atoms with Crippen molar-refractivity contribution in [2.24, 2.45) is 0 Å². The first-order valence-electron chi connectivity index (χ1n) is 7.33. The average Bonchev–Trinajstić information content (AvgIpc) is 2.54. The molecular formula is C16H20ClN5O. The van der Waals surface area contributed by atoms with E-state index in [4.69, 9.17) is 11.6 Å². The summed E-state index contributed by atoms with van der Waals surface area (Å²) in [6, 6.07) is 7.32. The Bertz CT molecular complexity index is 645. The van der Waals surface area contributed by atoms with Gasteiger partial charge in [-0.2, -0.15) is 0 Å². The number of anilines is 2. The van der Waals surface area contributed by atoms with Gasteiger partial charge < -0.3 is 15.5 Å². The van der Waals surface area contributed by atoms with Gasteiger partial charge in [-0.05, 0) is 39.2 Å². The van der Waals surface area contributed by atoms with Crippen molar-refractivity contribution in [2.45, 2.75) is 6.42 Å². The predicted octanol–water partition coefficient (Wildman–Crippen LogP) is 2.56. The lowest BCUT2D eigenvalue weighted by Crippen LogP contribution is -2.27. The van der Waals surface area contributed by atoms with Crippen LogP contribution < -0.4 is 10.6 Å². The molecule has 1 aromatic carbocycles. The SMILES string of the molecule is CN(C)CCCNC(=O)c1cnc(Nc2ccccc2Cl)nc1. The van der Waals surface area contributed by atoms with E-state index in [-0.39, 0.29) is 5.91 Å². The maximum Gasteiger partial charge on any atom is 0.254 e. The number of hydrogen-bond donors (Lipinski definition) is 2. The summed E-state index contributed by atoms with van der Waals surface area (Å²) in [7, 11) is 4.00. The van der Waals surface area contributed by atoms with Crippen LogP contribution in [0.5, 0.6) is 0 Å². The van der Waals surface area contributed by atoms with Crippen LogP contribution in [0.15, 0.2) is 36.7 Å². The first-order chi connectivity index (χ1) is 11.1. The molecule has 1 heterocycles. The van der Waals surface area contributed by atoms with Crippen LogP contribution >= 0.6 is 11.6 Å². The minimum absolute atomic E-state index is 0.173. The third-order valence-corrected chi connectivity index (χ3v) is 3.43. The Hall–Kier alpha value is -2.18. The van der Waals surface area contributed by atoms with Crippen LogP contribution in [-0.2, 0) is 0 Å². The second-order valence-electron chi connectivity index (χ2n) is 5.31. The molecule has 6 nitrogen and oxygen atoms in total. The van der Waals surface area contributed by atoms with Gasteiger partial charge in [-0.15, -0.1) is 0 Å². The number of nitrogens with zero attached hydrogens (tertiary/aromatic N) is 3. The zero-order chi connectivity index (χ0) is 16.7. The second-order valence-corrected chi connectivity index (χ2v) is 5.72. The zero-order valence-corrected chi connectivity index (χ0v) is 14.0. The summed E-state index contributed by atoms with van der Waals surface area (Å²) >= 11 is 6.06. The maximum atomic E-state index is 12.0. The summed E-state index contributed by atoms with van der Waals surface area (Å²) in [6.45, 7) is 1.55. The van der Waals surface area contributed by atoms with Gasteiger partial charge in [0.15, 0.2) is 0 Å². The number of rotatable bonds is 7. The highest BCUT2D eigenvalue weighted by Gasteiger charge is 2.07. The van der Waals surface area contributed by atoms with Crippen molar-refractivity contribution in [3.05, 3.63) is 47.2 Å². The first-order valence-corrected chi connectivity index (χ1v) is 7.70. The summed E-state index contributed by atoms with van der Waals surface area (Å²) in [5, 5.41) is 6.44. The van der Waals surface area contributed by atoms with Crippen molar-refractivity contribution in [1.29, 1.82) is 0 Å². The molecule has 7 heteroatoms. The van der Waals surface area contributed by atoms with Crippen LogP contribution in [0.4, 0.5) is 11.6 Å². The molecular weight excluding hydrogens is 314 g/mol. The number of para-hydroxylation sites is 1. The minimum Gasteiger partial charge on any atom is -0.352 e. The Balaban J connectivity index is 1.89. The standard InChI is InChI=1S/C16H20ClN5O/c1-22(2)9-5-8-18-15(23)12-10-19-16(20-11-12)21-14-7-4-3-6-13(14)17/h3-4,6-7,10-11H,5,8-9H2,1-2H3,(H,18,23)(H,19,20,21). The molecule has 0 bridgehead atoms. The lowest BCUT2D eigenvalue weighted by molar-refractivity contribution is 0.0951. The fourth-order valence-corrected chi connectivity index (χ4v) is 2.08. The smallest absolute Gasteiger partial charge is 0.254 e. The van der Waals surface area contributed by atoms with Crippen LogP contribution in [0.25, 0.3) is 0 Å². The quantitative estimate of drug-likeness (QED) is 0.762. The third kappa shape index (κ3) is 5.50. The summed E-state index contributed by atoms with van der Waals surface area (Å²) in [4.78, 5) is 22.3. The fourth-order valence-electron chi connectivity index (χ4n) is 1.89. The Kier molecular flexibility index (Phi) is 6.31. The number of carbonyl (C=O) groups excluding carboxylic acids is 1. The molecule has 2 N–H and O–H groups in total. The van der Waals surface area contributed by atoms with Gasteiger partial charge in [-0.3, -0.25) is 4.79 Å². The molecule has 0 saturated heterocycles. The number of hydrogen-bond acceptors (Lipinski definition) is 5. The predicted molar refractivity (Wildman–Crippen MR) is 92.3 cm³/mol. The van der Waals surface area contributed by atoms with E-state index in [1.807, 2.05) is 32.3 Å². The number of carbonyl (C=O) groups is 1. The van der Waals surface area contributed by atoms with E-state index in [2.05, 4.69) is 25.5 Å². The highest BCUT2D eigenvalue weighted by atomic mass is 35.5. The molecule has 2 rings (SSSR count). The van der Waals surface area contributed by atoms with E-state index in [0.717, 1.165) is 18.7 Å². The van der Waals surface area contributed by atoms with Gasteiger partial charge in [-0.1, -0.05) is 23.7 Å². The highest BCUT2D eigenvalue weighted by Crippen LogP contribution is 2.22. The van der Waals surface area contributed by atoms with E-state index < -0.39 is 0 Å². The molecule has 1 aromatic heterocycles. The topological polar surface area (TPSA) is 70.2 Å². The van der Waals surface area contributed by atoms with E-state index in [0.29, 0.717) is 23.1 Å². The minimum atomic E-state index is -0.173. The van der Waals surface area contributed by atoms with Crippen molar-refractivity contribution >= 4 is 29.1 Å². The van der Waals surface area contributed by atoms with Crippen molar-refractivity contribution in [3.63, 3.8) is 0 Å². The van der Waals surface area contributed by atoms with Gasteiger partial charge in [0, 0.05) is 18.9 Å². The molecule has 0 atom stereocenters. The highest BCUT2D eigenvalue weighted by molar-refractivity contribution is 6.33. The summed E-state index contributed by atoms with van der Waals surface area (Å²) in [5.74, 6) is 0.218. The number of nitrogens with one attached hydrogen (secondary N) is 2. The third-order valence-electron chi connectivity index (χ3n) is 3.10. The van der Waals surface area contributed by atoms with Crippen molar-refractivity contribution in [2.75, 3.05) is 32.5 Å². The van der Waals surface area contributed by atoms with Gasteiger partial charge in [0.1, 0.15) is 0 Å². The summed E-state index contributed by atoms with van der Waals surface area (Å²) in [5.41, 5.74) is 1.15. The van der Waals surface area contributed by atoms with Crippen molar-refractivity contribution in [3.8, 4) is 0 Å². The Morgan fingerprint density at radius 3 is 2.57 bits per heavy atom. The molecule has 122 valence electrons. The van der Waals surface area contributed by atoms with Gasteiger partial charge in [0.05, 0.1) is 16.3 Å². The molecule has 0 unspecified atom stereocenters. The average molecular weight is 334 g/mol. The molecule has 0 radical (unpaired) electrons. The van der Waals surface area contributed by atoms with Crippen LogP contribution in [0.2, 0.25) is 5.02 Å². The molecule has 0 aliphatic heterocycles. The number of halogens is 1. The summed E-state index contributed by atoms with van der Waals surface area (Å²) < 4.78 is 0. The maximum absolute atomic E-state index is 12.0. The molecule has 23 heavy (non-hydrogen) atoms. The van der Waals surface area contributed by atoms with Crippen LogP contribution in [0.3, 0.4) is 0 Å². The Morgan fingerprint density at radius 1 is 1.22 bits per heavy atom. The van der Waals surface area contributed by atoms with E-state index >= 15 is 0 Å². The van der Waals surface area contributed by atoms with Gasteiger partial charge in [-0.25, -0.2) is 9.97 Å². The number of benzene rings is 1. The number of aromatic nitrogens is 2. The van der Waals surface area contributed by atoms with Crippen molar-refractivity contribution < 1.29 is 4.79 Å². The lowest BCUT2D eigenvalue weighted by atomic mass is 10.3. The lowest BCUT2D eigenvalue weighted by Gasteiger charge is -2.10. The Labute approximate surface area is 140 Å². The van der Waals surface area contributed by atoms with E-state index in [1.54, 1.807) is 6.07 Å². The molecule has 1 amide bonds. The zero-order valence-electron chi connectivity index (χ0n) is 13.2. The molecule has 0 aliphatic carbocycles. The van der Waals surface area contributed by atoms with Gasteiger partial charge in [0.2, 0.25) is 5.95 Å².